The van der Waals surface area contributed by atoms with E-state index >= 15 is 0 Å². The molecule has 5 N–H and O–H groups in total. The monoisotopic (exact) mass is 237 g/mol. The van der Waals surface area contributed by atoms with Crippen molar-refractivity contribution in [3.8, 4) is 5.75 Å². The number of phenols is 1. The van der Waals surface area contributed by atoms with Crippen molar-refractivity contribution in [2.45, 2.75) is 0 Å². The molecular formula is C7H11NO6S. The highest BCUT2D eigenvalue weighted by Gasteiger charge is 1.88. The lowest BCUT2D eigenvalue weighted by Crippen LogP contribution is -1.98. The molecule has 1 aromatic rings. The van der Waals surface area contributed by atoms with Crippen LogP contribution in [0.3, 0.4) is 0 Å². The number of aromatic hydroxyl groups is 1. The van der Waals surface area contributed by atoms with E-state index in [9.17, 15) is 0 Å². The highest BCUT2D eigenvalue weighted by Crippen LogP contribution is 2.12. The van der Waals surface area contributed by atoms with Crippen molar-refractivity contribution in [1.82, 2.24) is 0 Å². The molecule has 7 nitrogen and oxygen atoms in total. The maximum absolute atomic E-state index is 8.83. The molecule has 0 bridgehead atoms. The molecule has 0 aliphatic rings. The minimum Gasteiger partial charge on any atom is -0.508 e. The van der Waals surface area contributed by atoms with E-state index in [4.69, 9.17) is 27.7 Å². The topological polar surface area (TPSA) is 127 Å². The van der Waals surface area contributed by atoms with Crippen molar-refractivity contribution >= 4 is 16.1 Å². The van der Waals surface area contributed by atoms with E-state index in [-0.39, 0.29) is 12.5 Å². The molecule has 0 aliphatic carbocycles. The molecule has 0 aromatic heterocycles. The lowest BCUT2D eigenvalue weighted by Gasteiger charge is -2.00. The molecule has 0 amide bonds. The lowest BCUT2D eigenvalue weighted by atomic mass is 10.3. The van der Waals surface area contributed by atoms with Crippen LogP contribution in [0.15, 0.2) is 24.3 Å². The maximum atomic E-state index is 8.83. The summed E-state index contributed by atoms with van der Waals surface area (Å²) in [5.74, 6) is 0.225. The molecule has 1 rings (SSSR count). The summed E-state index contributed by atoms with van der Waals surface area (Å²) in [5, 5.41) is 19.9. The number of hydrogen-bond acceptors (Lipinski definition) is 5. The Kier molecular flexibility index (Phi) is 5.64. The molecular weight excluding hydrogens is 226 g/mol. The molecule has 0 atom stereocenters. The first-order valence-electron chi connectivity index (χ1n) is 3.66. The number of phenolic OH excluding ortho intramolecular Hbond substituents is 1. The van der Waals surface area contributed by atoms with Crippen molar-refractivity contribution in [3.63, 3.8) is 0 Å². The normalized spacial score (nSPS) is 10.1. The SMILES string of the molecule is O=S(=O)(O)O.OCNc1ccc(O)cc1. The third kappa shape index (κ3) is 10.6. The van der Waals surface area contributed by atoms with Crippen LogP contribution in [0.4, 0.5) is 5.69 Å². The van der Waals surface area contributed by atoms with Gasteiger partial charge in [-0.1, -0.05) is 0 Å². The summed E-state index contributed by atoms with van der Waals surface area (Å²) in [5.41, 5.74) is 0.792. The van der Waals surface area contributed by atoms with Crippen LogP contribution in [0.5, 0.6) is 5.75 Å². The maximum Gasteiger partial charge on any atom is 0.394 e. The Balaban J connectivity index is 0.000000336. The predicted molar refractivity (Wildman–Crippen MR) is 53.0 cm³/mol. The molecule has 86 valence electrons. The molecule has 0 aliphatic heterocycles. The van der Waals surface area contributed by atoms with Crippen molar-refractivity contribution in [2.75, 3.05) is 12.0 Å². The molecule has 1 aromatic carbocycles. The molecule has 0 fully saturated rings. The molecule has 8 heteroatoms. The summed E-state index contributed by atoms with van der Waals surface area (Å²) in [7, 11) is -4.67. The number of aliphatic hydroxyl groups is 1. The van der Waals surface area contributed by atoms with Crippen LogP contribution >= 0.6 is 0 Å². The number of anilines is 1. The van der Waals surface area contributed by atoms with Gasteiger partial charge in [-0.3, -0.25) is 9.11 Å². The van der Waals surface area contributed by atoms with Crippen molar-refractivity contribution < 1.29 is 27.7 Å². The standard InChI is InChI=1S/C7H9NO2.H2O4S/c9-5-8-6-1-3-7(10)4-2-6;1-5(2,3)4/h1-4,8-10H,5H2;(H2,1,2,3,4). The molecule has 0 spiro atoms. The van der Waals surface area contributed by atoms with Crippen molar-refractivity contribution in [3.05, 3.63) is 24.3 Å². The van der Waals surface area contributed by atoms with Gasteiger partial charge in [-0.15, -0.1) is 0 Å². The fourth-order valence-electron chi connectivity index (χ4n) is 0.671. The Morgan fingerprint density at radius 3 is 1.87 bits per heavy atom. The van der Waals surface area contributed by atoms with E-state index in [1.165, 1.54) is 0 Å². The highest BCUT2D eigenvalue weighted by atomic mass is 32.3. The van der Waals surface area contributed by atoms with Gasteiger partial charge in [-0.25, -0.2) is 0 Å². The van der Waals surface area contributed by atoms with Gasteiger partial charge in [0.25, 0.3) is 0 Å². The van der Waals surface area contributed by atoms with E-state index in [0.717, 1.165) is 5.69 Å². The summed E-state index contributed by atoms with van der Waals surface area (Å²) >= 11 is 0. The van der Waals surface area contributed by atoms with Crippen molar-refractivity contribution in [1.29, 1.82) is 0 Å². The summed E-state index contributed by atoms with van der Waals surface area (Å²) in [6.45, 7) is -0.0925. The Bertz CT molecular complexity index is 365. The number of nitrogens with one attached hydrogen (secondary N) is 1. The number of benzene rings is 1. The molecule has 0 saturated heterocycles. The minimum atomic E-state index is -4.67. The van der Waals surface area contributed by atoms with Crippen LogP contribution < -0.4 is 5.32 Å². The first kappa shape index (κ1) is 13.7. The number of aliphatic hydroxyl groups excluding tert-OH is 1. The van der Waals surface area contributed by atoms with Gasteiger partial charge in [0.1, 0.15) is 12.5 Å². The first-order chi connectivity index (χ1) is 6.83. The first-order valence-corrected chi connectivity index (χ1v) is 5.06. The Hall–Kier alpha value is -1.35. The Labute approximate surface area is 86.6 Å². The van der Waals surface area contributed by atoms with Crippen molar-refractivity contribution in [2.24, 2.45) is 0 Å². The zero-order valence-electron chi connectivity index (χ0n) is 7.53. The van der Waals surface area contributed by atoms with Crippen LogP contribution in [0, 0.1) is 0 Å². The van der Waals surface area contributed by atoms with E-state index in [1.54, 1.807) is 24.3 Å². The van der Waals surface area contributed by atoms with Gasteiger partial charge in [0.05, 0.1) is 0 Å². The second kappa shape index (κ2) is 6.19. The average molecular weight is 237 g/mol. The van der Waals surface area contributed by atoms with E-state index in [0.29, 0.717) is 0 Å². The van der Waals surface area contributed by atoms with E-state index < -0.39 is 10.4 Å². The minimum absolute atomic E-state index is 0.0925. The summed E-state index contributed by atoms with van der Waals surface area (Å²) in [6.07, 6.45) is 0. The highest BCUT2D eigenvalue weighted by molar-refractivity contribution is 7.79. The van der Waals surface area contributed by atoms with Crippen LogP contribution in [-0.4, -0.2) is 34.5 Å². The average Bonchev–Trinajstić information content (AvgIpc) is 2.06. The Morgan fingerprint density at radius 2 is 1.53 bits per heavy atom. The van der Waals surface area contributed by atoms with Gasteiger partial charge in [0.15, 0.2) is 0 Å². The molecule has 0 heterocycles. The van der Waals surface area contributed by atoms with E-state index in [1.807, 2.05) is 0 Å². The quantitative estimate of drug-likeness (QED) is 0.280. The van der Waals surface area contributed by atoms with Gasteiger partial charge < -0.3 is 15.5 Å². The number of rotatable bonds is 2. The summed E-state index contributed by atoms with van der Waals surface area (Å²) < 4.78 is 31.6. The largest absolute Gasteiger partial charge is 0.508 e. The lowest BCUT2D eigenvalue weighted by molar-refractivity contribution is 0.325. The third-order valence-electron chi connectivity index (χ3n) is 1.15. The molecule has 0 saturated carbocycles. The molecule has 0 unspecified atom stereocenters. The fraction of sp³-hybridized carbons (Fsp3) is 0.143. The van der Waals surface area contributed by atoms with Gasteiger partial charge in [-0.2, -0.15) is 8.42 Å². The Morgan fingerprint density at radius 1 is 1.13 bits per heavy atom. The van der Waals surface area contributed by atoms with Gasteiger partial charge in [0.2, 0.25) is 0 Å². The van der Waals surface area contributed by atoms with E-state index in [2.05, 4.69) is 5.32 Å². The number of hydrogen-bond donors (Lipinski definition) is 5. The molecule has 15 heavy (non-hydrogen) atoms. The van der Waals surface area contributed by atoms with Gasteiger partial charge in [-0.05, 0) is 24.3 Å². The second-order valence-corrected chi connectivity index (χ2v) is 3.23. The van der Waals surface area contributed by atoms with Crippen LogP contribution in [0.2, 0.25) is 0 Å². The van der Waals surface area contributed by atoms with Crippen LogP contribution in [-0.2, 0) is 10.4 Å². The predicted octanol–water partition coefficient (Wildman–Crippen LogP) is 0.101. The second-order valence-electron chi connectivity index (χ2n) is 2.33. The summed E-state index contributed by atoms with van der Waals surface area (Å²) in [6, 6.07) is 6.48. The van der Waals surface area contributed by atoms with Crippen LogP contribution in [0.1, 0.15) is 0 Å². The molecule has 0 radical (unpaired) electrons. The van der Waals surface area contributed by atoms with Gasteiger partial charge in [0, 0.05) is 5.69 Å². The third-order valence-corrected chi connectivity index (χ3v) is 1.15. The zero-order chi connectivity index (χ0) is 11.9. The summed E-state index contributed by atoms with van der Waals surface area (Å²) in [4.78, 5) is 0. The van der Waals surface area contributed by atoms with Gasteiger partial charge >= 0.3 is 10.4 Å². The zero-order valence-corrected chi connectivity index (χ0v) is 8.35. The van der Waals surface area contributed by atoms with Crippen LogP contribution in [0.25, 0.3) is 0 Å². The smallest absolute Gasteiger partial charge is 0.394 e. The fourth-order valence-corrected chi connectivity index (χ4v) is 0.671.